The Hall–Kier alpha value is -1.76. The fourth-order valence-electron chi connectivity index (χ4n) is 1.78. The maximum Gasteiger partial charge on any atom is 0.303 e. The van der Waals surface area contributed by atoms with Gasteiger partial charge in [-0.05, 0) is 24.1 Å². The summed E-state index contributed by atoms with van der Waals surface area (Å²) >= 11 is 3.29. The summed E-state index contributed by atoms with van der Waals surface area (Å²) in [6.45, 7) is 1.79. The summed E-state index contributed by atoms with van der Waals surface area (Å²) in [6.07, 6.45) is 0.396. The summed E-state index contributed by atoms with van der Waals surface area (Å²) < 4.78 is 18.9. The number of aliphatic carboxylic acids is 1. The number of halogens is 2. The number of hydrogen-bond acceptors (Lipinski definition) is 4. The largest absolute Gasteiger partial charge is 0.481 e. The van der Waals surface area contributed by atoms with Crippen molar-refractivity contribution < 1.29 is 18.8 Å². The predicted octanol–water partition coefficient (Wildman–Crippen LogP) is 3.29. The molecule has 20 heavy (non-hydrogen) atoms. The number of hydrogen-bond donors (Lipinski definition) is 1. The van der Waals surface area contributed by atoms with Gasteiger partial charge in [0, 0.05) is 22.9 Å². The van der Waals surface area contributed by atoms with Crippen LogP contribution < -0.4 is 0 Å². The molecule has 0 spiro atoms. The normalized spacial score (nSPS) is 12.3. The standard InChI is InChI=1S/C13H12BrFN2O3/c1-7(5-12(18)19)4-11-16-13(17-20-11)9-6-8(15)2-3-10(9)14/h2-3,6-7H,4-5H2,1H3,(H,18,19). The Labute approximate surface area is 122 Å². The number of carbonyl (C=O) groups is 1. The molecule has 0 saturated heterocycles. The van der Waals surface area contributed by atoms with Gasteiger partial charge >= 0.3 is 5.97 Å². The van der Waals surface area contributed by atoms with E-state index in [4.69, 9.17) is 9.63 Å². The molecule has 0 amide bonds. The van der Waals surface area contributed by atoms with Gasteiger partial charge in [0.25, 0.3) is 0 Å². The Balaban J connectivity index is 2.16. The second-order valence-electron chi connectivity index (χ2n) is 4.54. The molecule has 2 rings (SSSR count). The minimum absolute atomic E-state index is 0.0291. The summed E-state index contributed by atoms with van der Waals surface area (Å²) in [5, 5.41) is 12.5. The SMILES string of the molecule is CC(CC(=O)O)Cc1nc(-c2cc(F)ccc2Br)no1. The average Bonchev–Trinajstić information content (AvgIpc) is 2.79. The van der Waals surface area contributed by atoms with Gasteiger partial charge in [0.15, 0.2) is 0 Å². The number of nitrogens with zero attached hydrogens (tertiary/aromatic N) is 2. The number of rotatable bonds is 5. The van der Waals surface area contributed by atoms with E-state index in [-0.39, 0.29) is 18.2 Å². The molecule has 106 valence electrons. The van der Waals surface area contributed by atoms with Gasteiger partial charge in [-0.15, -0.1) is 0 Å². The van der Waals surface area contributed by atoms with Crippen LogP contribution in [0.5, 0.6) is 0 Å². The van der Waals surface area contributed by atoms with Crippen LogP contribution in [-0.4, -0.2) is 21.2 Å². The summed E-state index contributed by atoms with van der Waals surface area (Å²) in [6, 6.07) is 4.19. The van der Waals surface area contributed by atoms with E-state index in [1.54, 1.807) is 13.0 Å². The first-order valence-electron chi connectivity index (χ1n) is 5.95. The van der Waals surface area contributed by atoms with Crippen molar-refractivity contribution in [3.05, 3.63) is 34.4 Å². The zero-order valence-electron chi connectivity index (χ0n) is 10.6. The fraction of sp³-hybridized carbons (Fsp3) is 0.308. The zero-order valence-corrected chi connectivity index (χ0v) is 12.2. The minimum Gasteiger partial charge on any atom is -0.481 e. The number of carboxylic acids is 1. The van der Waals surface area contributed by atoms with Crippen molar-refractivity contribution in [2.24, 2.45) is 5.92 Å². The highest BCUT2D eigenvalue weighted by Gasteiger charge is 2.16. The van der Waals surface area contributed by atoms with Crippen LogP contribution in [0, 0.1) is 11.7 Å². The molecule has 0 aliphatic rings. The maximum atomic E-state index is 13.2. The van der Waals surface area contributed by atoms with E-state index < -0.39 is 11.8 Å². The van der Waals surface area contributed by atoms with E-state index in [0.29, 0.717) is 22.3 Å². The van der Waals surface area contributed by atoms with E-state index in [1.165, 1.54) is 12.1 Å². The molecular weight excluding hydrogens is 331 g/mol. The summed E-state index contributed by atoms with van der Waals surface area (Å²) in [5.41, 5.74) is 0.492. The molecular formula is C13H12BrFN2O3. The third kappa shape index (κ3) is 3.63. The molecule has 1 aromatic heterocycles. The van der Waals surface area contributed by atoms with Crippen LogP contribution in [0.15, 0.2) is 27.2 Å². The average molecular weight is 343 g/mol. The monoisotopic (exact) mass is 342 g/mol. The Morgan fingerprint density at radius 1 is 1.55 bits per heavy atom. The molecule has 1 heterocycles. The number of aromatic nitrogens is 2. The van der Waals surface area contributed by atoms with Crippen LogP contribution in [0.4, 0.5) is 4.39 Å². The van der Waals surface area contributed by atoms with Crippen molar-refractivity contribution in [2.45, 2.75) is 19.8 Å². The van der Waals surface area contributed by atoms with Gasteiger partial charge < -0.3 is 9.63 Å². The van der Waals surface area contributed by atoms with Crippen molar-refractivity contribution in [3.63, 3.8) is 0 Å². The van der Waals surface area contributed by atoms with Gasteiger partial charge in [-0.2, -0.15) is 4.98 Å². The summed E-state index contributed by atoms with van der Waals surface area (Å²) in [4.78, 5) is 14.8. The summed E-state index contributed by atoms with van der Waals surface area (Å²) in [7, 11) is 0. The molecule has 0 fully saturated rings. The highest BCUT2D eigenvalue weighted by molar-refractivity contribution is 9.10. The van der Waals surface area contributed by atoms with Crippen molar-refractivity contribution in [1.29, 1.82) is 0 Å². The molecule has 0 aliphatic carbocycles. The fourth-order valence-corrected chi connectivity index (χ4v) is 2.21. The molecule has 0 aliphatic heterocycles. The second kappa shape index (κ2) is 6.13. The second-order valence-corrected chi connectivity index (χ2v) is 5.40. The highest BCUT2D eigenvalue weighted by atomic mass is 79.9. The van der Waals surface area contributed by atoms with Crippen LogP contribution in [-0.2, 0) is 11.2 Å². The molecule has 1 atom stereocenters. The molecule has 0 saturated carbocycles. The molecule has 1 aromatic carbocycles. The molecule has 7 heteroatoms. The van der Waals surface area contributed by atoms with Gasteiger partial charge in [-0.1, -0.05) is 28.0 Å². The van der Waals surface area contributed by atoms with Gasteiger partial charge in [0.05, 0.1) is 0 Å². The number of carboxylic acid groups (broad SMARTS) is 1. The van der Waals surface area contributed by atoms with Crippen LogP contribution >= 0.6 is 15.9 Å². The van der Waals surface area contributed by atoms with Crippen LogP contribution in [0.2, 0.25) is 0 Å². The maximum absolute atomic E-state index is 13.2. The topological polar surface area (TPSA) is 76.2 Å². The third-order valence-corrected chi connectivity index (χ3v) is 3.38. The van der Waals surface area contributed by atoms with Crippen molar-refractivity contribution in [2.75, 3.05) is 0 Å². The smallest absolute Gasteiger partial charge is 0.303 e. The lowest BCUT2D eigenvalue weighted by Crippen LogP contribution is -2.07. The molecule has 0 bridgehead atoms. The Morgan fingerprint density at radius 3 is 3.00 bits per heavy atom. The summed E-state index contributed by atoms with van der Waals surface area (Å²) in [5.74, 6) is -0.769. The first-order valence-corrected chi connectivity index (χ1v) is 6.75. The van der Waals surface area contributed by atoms with E-state index >= 15 is 0 Å². The Morgan fingerprint density at radius 2 is 2.30 bits per heavy atom. The zero-order chi connectivity index (χ0) is 14.7. The lowest BCUT2D eigenvalue weighted by molar-refractivity contribution is -0.137. The molecule has 1 N–H and O–H groups in total. The van der Waals surface area contributed by atoms with Crippen LogP contribution in [0.3, 0.4) is 0 Å². The van der Waals surface area contributed by atoms with Crippen molar-refractivity contribution in [3.8, 4) is 11.4 Å². The van der Waals surface area contributed by atoms with E-state index in [1.807, 2.05) is 0 Å². The van der Waals surface area contributed by atoms with Crippen LogP contribution in [0.25, 0.3) is 11.4 Å². The van der Waals surface area contributed by atoms with E-state index in [9.17, 15) is 9.18 Å². The van der Waals surface area contributed by atoms with E-state index in [0.717, 1.165) is 0 Å². The molecule has 2 aromatic rings. The lowest BCUT2D eigenvalue weighted by atomic mass is 10.0. The van der Waals surface area contributed by atoms with Crippen molar-refractivity contribution >= 4 is 21.9 Å². The Kier molecular flexibility index (Phi) is 4.49. The molecule has 5 nitrogen and oxygen atoms in total. The Bertz CT molecular complexity index is 630. The van der Waals surface area contributed by atoms with Gasteiger partial charge in [0.1, 0.15) is 5.82 Å². The molecule has 0 radical (unpaired) electrons. The first kappa shape index (κ1) is 14.6. The predicted molar refractivity (Wildman–Crippen MR) is 72.5 cm³/mol. The van der Waals surface area contributed by atoms with Crippen LogP contribution in [0.1, 0.15) is 19.2 Å². The number of benzene rings is 1. The van der Waals surface area contributed by atoms with E-state index in [2.05, 4.69) is 26.1 Å². The minimum atomic E-state index is -0.870. The third-order valence-electron chi connectivity index (χ3n) is 2.68. The quantitative estimate of drug-likeness (QED) is 0.902. The van der Waals surface area contributed by atoms with Gasteiger partial charge in [0.2, 0.25) is 11.7 Å². The lowest BCUT2D eigenvalue weighted by Gasteiger charge is -2.03. The first-order chi connectivity index (χ1) is 9.45. The van der Waals surface area contributed by atoms with Crippen molar-refractivity contribution in [1.82, 2.24) is 10.1 Å². The van der Waals surface area contributed by atoms with Gasteiger partial charge in [-0.3, -0.25) is 4.79 Å². The van der Waals surface area contributed by atoms with Gasteiger partial charge in [-0.25, -0.2) is 4.39 Å². The molecule has 1 unspecified atom stereocenters. The highest BCUT2D eigenvalue weighted by Crippen LogP contribution is 2.27.